The van der Waals surface area contributed by atoms with E-state index in [0.717, 1.165) is 32.3 Å². The van der Waals surface area contributed by atoms with Crippen molar-refractivity contribution in [3.05, 3.63) is 0 Å². The van der Waals surface area contributed by atoms with Crippen LogP contribution in [0.5, 0.6) is 0 Å². The molecule has 1 nitrogen and oxygen atoms in total. The summed E-state index contributed by atoms with van der Waals surface area (Å²) in [6, 6.07) is 0. The quantitative estimate of drug-likeness (QED) is 0.506. The normalized spacial score (nSPS) is 35.2. The largest absolute Gasteiger partial charge is 0.385 e. The van der Waals surface area contributed by atoms with Crippen LogP contribution in [0.15, 0.2) is 0 Å². The van der Waals surface area contributed by atoms with Crippen LogP contribution < -0.4 is 0 Å². The van der Waals surface area contributed by atoms with Crippen LogP contribution in [0.3, 0.4) is 0 Å². The Balaban J connectivity index is 2.32. The lowest BCUT2D eigenvalue weighted by atomic mass is 9.76. The second-order valence-electron chi connectivity index (χ2n) is 2.77. The van der Waals surface area contributed by atoms with Crippen LogP contribution in [0.2, 0.25) is 0 Å². The Morgan fingerprint density at radius 2 is 2.44 bits per heavy atom. The van der Waals surface area contributed by atoms with Gasteiger partial charge in [-0.05, 0) is 19.3 Å². The fraction of sp³-hybridized carbons (Fsp3) is 1.00. The van der Waals surface area contributed by atoms with Gasteiger partial charge in [-0.1, -0.05) is 13.3 Å². The van der Waals surface area contributed by atoms with Crippen molar-refractivity contribution in [3.8, 4) is 0 Å². The topological polar surface area (TPSA) is 9.23 Å². The molecule has 1 aliphatic heterocycles. The lowest BCUT2D eigenvalue weighted by molar-refractivity contribution is 0.0668. The van der Waals surface area contributed by atoms with Crippen LogP contribution >= 0.6 is 0 Å². The van der Waals surface area contributed by atoms with E-state index in [2.05, 4.69) is 6.92 Å². The molecule has 0 N–H and O–H groups in total. The Kier molecular flexibility index (Phi) is 2.17. The first-order chi connectivity index (χ1) is 4.27. The van der Waals surface area contributed by atoms with Gasteiger partial charge in [-0.2, -0.15) is 0 Å². The summed E-state index contributed by atoms with van der Waals surface area (Å²) in [5, 5.41) is 0. The predicted molar refractivity (Wildman–Crippen MR) is 38.6 cm³/mol. The minimum atomic E-state index is -0.255. The zero-order chi connectivity index (χ0) is 6.74. The van der Waals surface area contributed by atoms with Crippen molar-refractivity contribution in [1.29, 1.82) is 0 Å². The van der Waals surface area contributed by atoms with E-state index in [4.69, 9.17) is 12.6 Å². The maximum absolute atomic E-state index is 5.85. The number of hydrogen-bond acceptors (Lipinski definition) is 1. The fourth-order valence-electron chi connectivity index (χ4n) is 1.34. The van der Waals surface area contributed by atoms with E-state index in [0.29, 0.717) is 0 Å². The van der Waals surface area contributed by atoms with Gasteiger partial charge in [-0.3, -0.25) is 0 Å². The molecule has 1 saturated heterocycles. The van der Waals surface area contributed by atoms with E-state index in [1.54, 1.807) is 0 Å². The van der Waals surface area contributed by atoms with Gasteiger partial charge < -0.3 is 4.74 Å². The molecule has 9 heavy (non-hydrogen) atoms. The van der Waals surface area contributed by atoms with E-state index in [1.165, 1.54) is 0 Å². The standard InChI is InChI=1S/C7H13BO/c1-2-4-7(8)5-3-6-9-7/h2-6H2,1H3/t7-/m1/s1. The monoisotopic (exact) mass is 124 g/mol. The third kappa shape index (κ3) is 1.72. The molecule has 0 aliphatic carbocycles. The molecule has 1 atom stereocenters. The van der Waals surface area contributed by atoms with Gasteiger partial charge in [-0.25, -0.2) is 0 Å². The van der Waals surface area contributed by atoms with Crippen LogP contribution in [-0.2, 0) is 4.74 Å². The summed E-state index contributed by atoms with van der Waals surface area (Å²) in [6.45, 7) is 2.99. The van der Waals surface area contributed by atoms with E-state index >= 15 is 0 Å². The van der Waals surface area contributed by atoms with Crippen LogP contribution in [0, 0.1) is 0 Å². The molecule has 0 bridgehead atoms. The highest BCUT2D eigenvalue weighted by atomic mass is 16.5. The highest BCUT2D eigenvalue weighted by Gasteiger charge is 2.27. The van der Waals surface area contributed by atoms with Gasteiger partial charge in [0.2, 0.25) is 0 Å². The van der Waals surface area contributed by atoms with Crippen molar-refractivity contribution in [3.63, 3.8) is 0 Å². The fourth-order valence-corrected chi connectivity index (χ4v) is 1.34. The van der Waals surface area contributed by atoms with E-state index in [-0.39, 0.29) is 5.50 Å². The van der Waals surface area contributed by atoms with Crippen molar-refractivity contribution >= 4 is 7.85 Å². The first-order valence-electron chi connectivity index (χ1n) is 3.70. The van der Waals surface area contributed by atoms with Gasteiger partial charge in [0.25, 0.3) is 0 Å². The SMILES string of the molecule is [B][C@@]1(CCC)CCCO1. The van der Waals surface area contributed by atoms with Crippen LogP contribution in [0.4, 0.5) is 0 Å². The van der Waals surface area contributed by atoms with Gasteiger partial charge in [0.15, 0.2) is 0 Å². The summed E-state index contributed by atoms with van der Waals surface area (Å²) < 4.78 is 5.36. The van der Waals surface area contributed by atoms with Crippen LogP contribution in [-0.4, -0.2) is 20.0 Å². The lowest BCUT2D eigenvalue weighted by Gasteiger charge is -2.22. The molecule has 50 valence electrons. The Labute approximate surface area is 58.2 Å². The third-order valence-electron chi connectivity index (χ3n) is 1.81. The summed E-state index contributed by atoms with van der Waals surface area (Å²) in [4.78, 5) is 0. The third-order valence-corrected chi connectivity index (χ3v) is 1.81. The maximum Gasteiger partial charge on any atom is 0.113 e. The summed E-state index contributed by atoms with van der Waals surface area (Å²) in [5.41, 5.74) is -0.255. The van der Waals surface area contributed by atoms with Crippen molar-refractivity contribution in [2.45, 2.75) is 38.1 Å². The Bertz CT molecular complexity index is 86.9. The van der Waals surface area contributed by atoms with Crippen LogP contribution in [0.1, 0.15) is 32.6 Å². The molecule has 2 heteroatoms. The molecule has 1 heterocycles. The molecular weight excluding hydrogens is 111 g/mol. The molecule has 1 rings (SSSR count). The van der Waals surface area contributed by atoms with Crippen LogP contribution in [0.25, 0.3) is 0 Å². The highest BCUT2D eigenvalue weighted by Crippen LogP contribution is 2.26. The Morgan fingerprint density at radius 3 is 2.89 bits per heavy atom. The molecule has 0 aromatic carbocycles. The van der Waals surface area contributed by atoms with Crippen molar-refractivity contribution in [2.75, 3.05) is 6.61 Å². The zero-order valence-electron chi connectivity index (χ0n) is 6.02. The van der Waals surface area contributed by atoms with Gasteiger partial charge in [0.1, 0.15) is 7.85 Å². The Morgan fingerprint density at radius 1 is 1.67 bits per heavy atom. The first-order valence-corrected chi connectivity index (χ1v) is 3.70. The number of ether oxygens (including phenoxy) is 1. The molecule has 0 amide bonds. The second-order valence-corrected chi connectivity index (χ2v) is 2.77. The van der Waals surface area contributed by atoms with Gasteiger partial charge in [-0.15, -0.1) is 0 Å². The molecule has 1 aliphatic rings. The summed E-state index contributed by atoms with van der Waals surface area (Å²) in [6.07, 6.45) is 4.31. The summed E-state index contributed by atoms with van der Waals surface area (Å²) in [5.74, 6) is 0. The molecule has 0 saturated carbocycles. The Hall–Kier alpha value is 0.0249. The zero-order valence-corrected chi connectivity index (χ0v) is 6.02. The van der Waals surface area contributed by atoms with Gasteiger partial charge in [0.05, 0.1) is 0 Å². The highest BCUT2D eigenvalue weighted by molar-refractivity contribution is 6.14. The second kappa shape index (κ2) is 2.74. The van der Waals surface area contributed by atoms with E-state index in [9.17, 15) is 0 Å². The van der Waals surface area contributed by atoms with Gasteiger partial charge in [0, 0.05) is 12.1 Å². The first kappa shape index (κ1) is 7.14. The minimum absolute atomic E-state index is 0.255. The average molecular weight is 124 g/mol. The summed E-state index contributed by atoms with van der Waals surface area (Å²) in [7, 11) is 5.85. The van der Waals surface area contributed by atoms with Crippen molar-refractivity contribution in [1.82, 2.24) is 0 Å². The maximum atomic E-state index is 5.85. The molecule has 0 aromatic rings. The predicted octanol–water partition coefficient (Wildman–Crippen LogP) is 1.46. The number of rotatable bonds is 2. The van der Waals surface area contributed by atoms with Crippen molar-refractivity contribution < 1.29 is 4.74 Å². The number of hydrogen-bond donors (Lipinski definition) is 0. The minimum Gasteiger partial charge on any atom is -0.385 e. The molecule has 2 radical (unpaired) electrons. The smallest absolute Gasteiger partial charge is 0.113 e. The molecule has 1 fully saturated rings. The van der Waals surface area contributed by atoms with E-state index < -0.39 is 0 Å². The molecule has 0 aromatic heterocycles. The van der Waals surface area contributed by atoms with E-state index in [1.807, 2.05) is 0 Å². The molecule has 0 unspecified atom stereocenters. The molecular formula is C7H13BO. The van der Waals surface area contributed by atoms with Gasteiger partial charge >= 0.3 is 0 Å². The molecule has 0 spiro atoms. The van der Waals surface area contributed by atoms with Crippen molar-refractivity contribution in [2.24, 2.45) is 0 Å². The summed E-state index contributed by atoms with van der Waals surface area (Å²) >= 11 is 0. The average Bonchev–Trinajstić information content (AvgIpc) is 2.16. The lowest BCUT2D eigenvalue weighted by Crippen LogP contribution is -2.27.